The highest BCUT2D eigenvalue weighted by Crippen LogP contribution is 2.32. The second kappa shape index (κ2) is 15.8. The van der Waals surface area contributed by atoms with Gasteiger partial charge in [-0.3, -0.25) is 4.79 Å². The lowest BCUT2D eigenvalue weighted by Gasteiger charge is -2.26. The van der Waals surface area contributed by atoms with Crippen LogP contribution in [0.1, 0.15) is 27.2 Å². The van der Waals surface area contributed by atoms with Crippen LogP contribution in [0.3, 0.4) is 0 Å². The molecule has 7 heteroatoms. The number of nitrogens with zero attached hydrogens (tertiary/aromatic N) is 2. The third kappa shape index (κ3) is 9.85. The Balaban J connectivity index is 0.000000591. The molecule has 0 saturated carbocycles. The van der Waals surface area contributed by atoms with Gasteiger partial charge in [-0.05, 0) is 69.0 Å². The van der Waals surface area contributed by atoms with Crippen molar-refractivity contribution in [2.24, 2.45) is 5.92 Å². The van der Waals surface area contributed by atoms with Crippen molar-refractivity contribution in [3.8, 4) is 0 Å². The Bertz CT molecular complexity index is 903. The average molecular weight is 509 g/mol. The average Bonchev–Trinajstić information content (AvgIpc) is 3.17. The van der Waals surface area contributed by atoms with Gasteiger partial charge in [-0.1, -0.05) is 48.4 Å². The van der Waals surface area contributed by atoms with Crippen molar-refractivity contribution in [2.75, 3.05) is 36.7 Å². The second-order valence-corrected chi connectivity index (χ2v) is 9.04. The van der Waals surface area contributed by atoms with E-state index in [4.69, 9.17) is 23.2 Å². The Hall–Kier alpha value is -1.92. The van der Waals surface area contributed by atoms with Crippen molar-refractivity contribution in [2.45, 2.75) is 32.1 Å². The highest BCUT2D eigenvalue weighted by Gasteiger charge is 2.33. The van der Waals surface area contributed by atoms with Crippen LogP contribution in [-0.4, -0.2) is 37.3 Å². The smallest absolute Gasteiger partial charge is 0.230 e. The van der Waals surface area contributed by atoms with Gasteiger partial charge in [-0.25, -0.2) is 5.01 Å². The molecule has 33 heavy (non-hydrogen) atoms. The van der Waals surface area contributed by atoms with Crippen molar-refractivity contribution in [1.82, 2.24) is 5.01 Å². The summed E-state index contributed by atoms with van der Waals surface area (Å²) in [7, 11) is 1.95. The van der Waals surface area contributed by atoms with Crippen LogP contribution in [0.2, 0.25) is 10.0 Å². The standard InChI is InChI=1S/C18H19Cl2N3OS.C5H10.C3H6/c1-22-10-12(11-23(22)17-8-3-13(19)9-16(17)20)18(24)21-14-4-6-15(25-2)7-5-14;1-3-5-4-2;1-3-2/h3-9,12H,10-11H2,1-2H3,(H,21,24);3,5H,4H2,1-2H3;3H,1H2,2H3/b;5-3-;. The molecule has 1 aliphatic rings. The lowest BCUT2D eigenvalue weighted by molar-refractivity contribution is -0.119. The SMILES string of the molecule is C/C=C\CC.C=CC.CSc1ccc(NC(=O)C2CN(C)N(c3ccc(Cl)cc3Cl)C2)cc1. The summed E-state index contributed by atoms with van der Waals surface area (Å²) in [5, 5.41) is 8.19. The van der Waals surface area contributed by atoms with E-state index in [9.17, 15) is 4.79 Å². The topological polar surface area (TPSA) is 35.6 Å². The number of hydrogen-bond donors (Lipinski definition) is 1. The van der Waals surface area contributed by atoms with Crippen LogP contribution in [-0.2, 0) is 4.79 Å². The number of nitrogens with one attached hydrogen (secondary N) is 1. The van der Waals surface area contributed by atoms with E-state index in [-0.39, 0.29) is 11.8 Å². The summed E-state index contributed by atoms with van der Waals surface area (Å²) in [5.41, 5.74) is 1.67. The van der Waals surface area contributed by atoms with Crippen molar-refractivity contribution in [3.63, 3.8) is 0 Å². The zero-order valence-corrected chi connectivity index (χ0v) is 22.5. The van der Waals surface area contributed by atoms with Gasteiger partial charge in [0.15, 0.2) is 0 Å². The first-order valence-electron chi connectivity index (χ1n) is 10.9. The second-order valence-electron chi connectivity index (χ2n) is 7.32. The van der Waals surface area contributed by atoms with Gasteiger partial charge in [-0.15, -0.1) is 18.3 Å². The summed E-state index contributed by atoms with van der Waals surface area (Å²) in [4.78, 5) is 13.8. The minimum absolute atomic E-state index is 0.0105. The summed E-state index contributed by atoms with van der Waals surface area (Å²) in [6.45, 7) is 10.6. The van der Waals surface area contributed by atoms with Gasteiger partial charge in [0.25, 0.3) is 0 Å². The molecule has 1 heterocycles. The first kappa shape index (κ1) is 29.1. The predicted molar refractivity (Wildman–Crippen MR) is 148 cm³/mol. The predicted octanol–water partition coefficient (Wildman–Crippen LogP) is 7.80. The summed E-state index contributed by atoms with van der Waals surface area (Å²) in [6.07, 6.45) is 9.12. The zero-order chi connectivity index (χ0) is 24.8. The number of amides is 1. The summed E-state index contributed by atoms with van der Waals surface area (Å²) in [5.74, 6) is -0.131. The fraction of sp³-hybridized carbons (Fsp3) is 0.346. The number of allylic oxidation sites excluding steroid dienone is 3. The molecule has 0 spiro atoms. The van der Waals surface area contributed by atoms with Gasteiger partial charge in [0, 0.05) is 35.7 Å². The van der Waals surface area contributed by atoms with Crippen molar-refractivity contribution >= 4 is 52.2 Å². The molecule has 0 bridgehead atoms. The fourth-order valence-corrected chi connectivity index (χ4v) is 4.03. The molecule has 2 aromatic carbocycles. The minimum atomic E-state index is -0.142. The van der Waals surface area contributed by atoms with Crippen LogP contribution in [0.4, 0.5) is 11.4 Å². The van der Waals surface area contributed by atoms with Crippen LogP contribution >= 0.6 is 35.0 Å². The molecule has 4 nitrogen and oxygen atoms in total. The molecule has 0 radical (unpaired) electrons. The van der Waals surface area contributed by atoms with Crippen molar-refractivity contribution < 1.29 is 4.79 Å². The van der Waals surface area contributed by atoms with E-state index in [1.54, 1.807) is 30.0 Å². The molecule has 1 aliphatic heterocycles. The number of hydrazine groups is 1. The van der Waals surface area contributed by atoms with Gasteiger partial charge in [-0.2, -0.15) is 0 Å². The Morgan fingerprint density at radius 3 is 2.30 bits per heavy atom. The van der Waals surface area contributed by atoms with Crippen LogP contribution in [0.15, 0.2) is 72.2 Å². The third-order valence-corrected chi connectivity index (χ3v) is 5.96. The molecule has 1 unspecified atom stereocenters. The number of anilines is 2. The third-order valence-electron chi connectivity index (χ3n) is 4.68. The number of halogens is 2. The van der Waals surface area contributed by atoms with Gasteiger partial charge < -0.3 is 10.3 Å². The number of benzene rings is 2. The van der Waals surface area contributed by atoms with E-state index in [2.05, 4.69) is 31.0 Å². The van der Waals surface area contributed by atoms with Crippen molar-refractivity contribution in [3.05, 3.63) is 77.3 Å². The summed E-state index contributed by atoms with van der Waals surface area (Å²) >= 11 is 13.9. The van der Waals surface area contributed by atoms with Gasteiger partial charge in [0.1, 0.15) is 0 Å². The van der Waals surface area contributed by atoms with E-state index in [0.717, 1.165) is 17.8 Å². The molecule has 0 aromatic heterocycles. The molecule has 3 rings (SSSR count). The number of carbonyl (C=O) groups is 1. The van der Waals surface area contributed by atoms with Crippen LogP contribution in [0.25, 0.3) is 0 Å². The van der Waals surface area contributed by atoms with Crippen LogP contribution in [0, 0.1) is 5.92 Å². The largest absolute Gasteiger partial charge is 0.326 e. The monoisotopic (exact) mass is 507 g/mol. The molecule has 1 saturated heterocycles. The first-order valence-corrected chi connectivity index (χ1v) is 12.9. The lowest BCUT2D eigenvalue weighted by Crippen LogP contribution is -2.33. The molecule has 1 N–H and O–H groups in total. The Morgan fingerprint density at radius 2 is 1.82 bits per heavy atom. The normalized spacial score (nSPS) is 15.4. The van der Waals surface area contributed by atoms with E-state index in [1.165, 1.54) is 4.90 Å². The Kier molecular flexibility index (Phi) is 14.0. The van der Waals surface area contributed by atoms with E-state index in [1.807, 2.05) is 67.5 Å². The quantitative estimate of drug-likeness (QED) is 0.330. The van der Waals surface area contributed by atoms with Crippen LogP contribution < -0.4 is 10.3 Å². The van der Waals surface area contributed by atoms with E-state index in [0.29, 0.717) is 23.1 Å². The minimum Gasteiger partial charge on any atom is -0.326 e. The summed E-state index contributed by atoms with van der Waals surface area (Å²) < 4.78 is 0. The highest BCUT2D eigenvalue weighted by atomic mass is 35.5. The molecule has 2 aromatic rings. The zero-order valence-electron chi connectivity index (χ0n) is 20.1. The molecule has 1 fully saturated rings. The maximum Gasteiger partial charge on any atom is 0.230 e. The number of hydrogen-bond acceptors (Lipinski definition) is 4. The Labute approximate surface area is 213 Å². The van der Waals surface area contributed by atoms with Gasteiger partial charge >= 0.3 is 0 Å². The van der Waals surface area contributed by atoms with Gasteiger partial charge in [0.2, 0.25) is 5.91 Å². The molecule has 180 valence electrons. The molecule has 1 atom stereocenters. The Morgan fingerprint density at radius 1 is 1.18 bits per heavy atom. The van der Waals surface area contributed by atoms with E-state index < -0.39 is 0 Å². The molecule has 0 aliphatic carbocycles. The molecule has 1 amide bonds. The first-order chi connectivity index (χ1) is 15.8. The van der Waals surface area contributed by atoms with E-state index >= 15 is 0 Å². The summed E-state index contributed by atoms with van der Waals surface area (Å²) in [6, 6.07) is 13.3. The molecular weight excluding hydrogens is 473 g/mol. The highest BCUT2D eigenvalue weighted by molar-refractivity contribution is 7.98. The number of rotatable bonds is 5. The van der Waals surface area contributed by atoms with Crippen LogP contribution in [0.5, 0.6) is 0 Å². The maximum atomic E-state index is 12.6. The fourth-order valence-electron chi connectivity index (χ4n) is 3.12. The molecular formula is C26H35Cl2N3OS. The lowest BCUT2D eigenvalue weighted by atomic mass is 10.1. The number of carbonyl (C=O) groups excluding carboxylic acids is 1. The van der Waals surface area contributed by atoms with Crippen molar-refractivity contribution in [1.29, 1.82) is 0 Å². The maximum absolute atomic E-state index is 12.6. The van der Waals surface area contributed by atoms with Gasteiger partial charge in [0.05, 0.1) is 16.6 Å². The number of thioether (sulfide) groups is 1.